The van der Waals surface area contributed by atoms with E-state index in [1.165, 1.54) is 0 Å². The summed E-state index contributed by atoms with van der Waals surface area (Å²) in [6.45, 7) is 5.77. The smallest absolute Gasteiger partial charge is 0.679 e. The van der Waals surface area contributed by atoms with Crippen LogP contribution in [-0.2, 0) is 19.5 Å². The van der Waals surface area contributed by atoms with Crippen LogP contribution in [0, 0.1) is 10.1 Å². The molecule has 0 aromatic carbocycles. The molecule has 0 aromatic rings. The number of nitrogens with zero attached hydrogens (tertiary/aromatic N) is 1. The van der Waals surface area contributed by atoms with Gasteiger partial charge in [-0.25, -0.2) is 0 Å². The Balaban J connectivity index is -0.0000000494. The van der Waals surface area contributed by atoms with Gasteiger partial charge in [0.2, 0.25) is 0 Å². The SMILES string of the molecule is CC([NH-])C[NH-].CC([NH-])C[NH-].CC([NH-])C[NH-].O=[N+]([O-])O.[Zn+2]. The fraction of sp³-hybridized carbons (Fsp3) is 1.00. The van der Waals surface area contributed by atoms with Crippen LogP contribution in [0.15, 0.2) is 0 Å². The summed E-state index contributed by atoms with van der Waals surface area (Å²) in [5, 5.41) is 13.6. The molecule has 7 N–H and O–H groups in total. The number of rotatable bonds is 3. The van der Waals surface area contributed by atoms with Gasteiger partial charge >= 0.3 is 19.5 Å². The Labute approximate surface area is 133 Å². The van der Waals surface area contributed by atoms with E-state index in [0.717, 1.165) is 0 Å². The minimum absolute atomic E-state index is 0. The molecule has 0 fully saturated rings. The molecule has 0 aliphatic heterocycles. The topological polar surface area (TPSA) is 206 Å². The second kappa shape index (κ2) is 27.0. The summed E-state index contributed by atoms with van der Waals surface area (Å²) in [5.74, 6) is 0. The van der Waals surface area contributed by atoms with Gasteiger partial charge in [0.25, 0.3) is 5.09 Å². The monoisotopic (exact) mass is 343 g/mol. The van der Waals surface area contributed by atoms with Crippen LogP contribution in [0.2, 0.25) is 0 Å². The summed E-state index contributed by atoms with van der Waals surface area (Å²) >= 11 is 0. The van der Waals surface area contributed by atoms with Gasteiger partial charge in [-0.1, -0.05) is 20.8 Å². The van der Waals surface area contributed by atoms with E-state index < -0.39 is 5.09 Å². The molecule has 0 amide bonds. The molecule has 120 valence electrons. The quantitative estimate of drug-likeness (QED) is 0.456. The molecule has 0 aliphatic rings. The summed E-state index contributed by atoms with van der Waals surface area (Å²) in [7, 11) is 0. The van der Waals surface area contributed by atoms with E-state index in [9.17, 15) is 0 Å². The summed E-state index contributed by atoms with van der Waals surface area (Å²) in [6, 6.07) is -0.597. The minimum Gasteiger partial charge on any atom is -0.679 e. The first kappa shape index (κ1) is 31.8. The Morgan fingerprint density at radius 1 is 0.900 bits per heavy atom. The Morgan fingerprint density at radius 2 is 0.950 bits per heavy atom. The Hall–Kier alpha value is -0.417. The number of hydrogen-bond donors (Lipinski definition) is 1. The third-order valence-electron chi connectivity index (χ3n) is 0.919. The second-order valence-electron chi connectivity index (χ2n) is 3.55. The summed E-state index contributed by atoms with van der Waals surface area (Å²) in [4.78, 5) is 8.36. The van der Waals surface area contributed by atoms with Crippen LogP contribution in [0.4, 0.5) is 0 Å². The molecule has 3 atom stereocenters. The zero-order chi connectivity index (χ0) is 16.4. The van der Waals surface area contributed by atoms with Crippen LogP contribution in [-0.4, -0.2) is 48.1 Å². The molecule has 0 aromatic heterocycles. The summed E-state index contributed by atoms with van der Waals surface area (Å²) < 4.78 is 0. The van der Waals surface area contributed by atoms with Crippen LogP contribution in [0.1, 0.15) is 20.8 Å². The van der Waals surface area contributed by atoms with Crippen LogP contribution in [0.5, 0.6) is 0 Å². The molecule has 3 unspecified atom stereocenters. The molecule has 0 spiro atoms. The van der Waals surface area contributed by atoms with E-state index in [0.29, 0.717) is 0 Å². The van der Waals surface area contributed by atoms with Crippen molar-refractivity contribution < 1.29 is 29.8 Å². The van der Waals surface area contributed by atoms with Crippen LogP contribution in [0.3, 0.4) is 0 Å². The van der Waals surface area contributed by atoms with Crippen molar-refractivity contribution in [2.45, 2.75) is 38.9 Å². The molecular formula is C9H25N7O3Zn-4. The van der Waals surface area contributed by atoms with Gasteiger partial charge in [0.15, 0.2) is 0 Å². The largest absolute Gasteiger partial charge is 2.00 e. The van der Waals surface area contributed by atoms with Gasteiger partial charge in [-0.2, -0.15) is 37.8 Å². The Kier molecular flexibility index (Phi) is 43.0. The molecule has 10 nitrogen and oxygen atoms in total. The van der Waals surface area contributed by atoms with E-state index >= 15 is 0 Å². The minimum atomic E-state index is -1.50. The van der Waals surface area contributed by atoms with Crippen molar-refractivity contribution in [3.05, 3.63) is 44.5 Å². The molecule has 0 aliphatic carbocycles. The van der Waals surface area contributed by atoms with Gasteiger partial charge < -0.3 is 39.6 Å². The van der Waals surface area contributed by atoms with Crippen molar-refractivity contribution in [3.63, 3.8) is 0 Å². The van der Waals surface area contributed by atoms with Crippen LogP contribution >= 0.6 is 0 Å². The zero-order valence-corrected chi connectivity index (χ0v) is 15.2. The van der Waals surface area contributed by atoms with Crippen molar-refractivity contribution in [2.24, 2.45) is 0 Å². The van der Waals surface area contributed by atoms with E-state index in [1.807, 2.05) is 0 Å². The third kappa shape index (κ3) is 155. The Morgan fingerprint density at radius 3 is 0.950 bits per heavy atom. The molecule has 0 heterocycles. The van der Waals surface area contributed by atoms with Gasteiger partial charge in [0.1, 0.15) is 0 Å². The average Bonchev–Trinajstić information content (AvgIpc) is 2.29. The van der Waals surface area contributed by atoms with Crippen molar-refractivity contribution in [2.75, 3.05) is 19.6 Å². The molecular weight excluding hydrogens is 320 g/mol. The fourth-order valence-electron chi connectivity index (χ4n) is 0. The van der Waals surface area contributed by atoms with Gasteiger partial charge in [-0.3, -0.25) is 0 Å². The maximum absolute atomic E-state index is 8.36. The van der Waals surface area contributed by atoms with E-state index in [1.54, 1.807) is 20.8 Å². The van der Waals surface area contributed by atoms with E-state index in [2.05, 4.69) is 0 Å². The molecule has 0 saturated carbocycles. The van der Waals surface area contributed by atoms with Crippen LogP contribution in [0.25, 0.3) is 34.4 Å². The normalized spacial score (nSPS) is 12.4. The van der Waals surface area contributed by atoms with Gasteiger partial charge in [-0.05, 0) is 0 Å². The standard InChI is InChI=1S/3C3H8N2.HNO3.Zn/c3*1-3(5)2-4;2-1(3)4;/h3*3-5H,2H2,1H3;(H,2,3,4);/q3*-2;;+2. The number of hydrogen-bond acceptors (Lipinski definition) is 2. The predicted molar refractivity (Wildman–Crippen MR) is 77.7 cm³/mol. The molecule has 0 saturated heterocycles. The molecule has 20 heavy (non-hydrogen) atoms. The maximum Gasteiger partial charge on any atom is 2.00 e. The van der Waals surface area contributed by atoms with Gasteiger partial charge in [-0.15, -0.1) is 10.1 Å². The van der Waals surface area contributed by atoms with Crippen molar-refractivity contribution in [1.29, 1.82) is 0 Å². The average molecular weight is 345 g/mol. The summed E-state index contributed by atoms with van der Waals surface area (Å²) in [6.07, 6.45) is 0. The third-order valence-corrected chi connectivity index (χ3v) is 0.919. The first-order chi connectivity index (χ1) is 8.54. The van der Waals surface area contributed by atoms with Gasteiger partial charge in [0, 0.05) is 0 Å². The fourth-order valence-corrected chi connectivity index (χ4v) is 0. The first-order valence-corrected chi connectivity index (χ1v) is 5.45. The van der Waals surface area contributed by atoms with Crippen molar-refractivity contribution in [3.8, 4) is 0 Å². The zero-order valence-electron chi connectivity index (χ0n) is 12.3. The maximum atomic E-state index is 8.36. The Bertz CT molecular complexity index is 151. The molecule has 0 rings (SSSR count). The summed E-state index contributed by atoms with van der Waals surface area (Å²) in [5.41, 5.74) is 39.3. The van der Waals surface area contributed by atoms with Crippen LogP contribution < -0.4 is 0 Å². The molecule has 0 bridgehead atoms. The van der Waals surface area contributed by atoms with Crippen molar-refractivity contribution in [1.82, 2.24) is 0 Å². The van der Waals surface area contributed by atoms with E-state index in [4.69, 9.17) is 49.7 Å². The van der Waals surface area contributed by atoms with Crippen molar-refractivity contribution >= 4 is 0 Å². The second-order valence-corrected chi connectivity index (χ2v) is 3.55. The number of nitrogens with one attached hydrogen (secondary N) is 6. The molecule has 11 heteroatoms. The van der Waals surface area contributed by atoms with Gasteiger partial charge in [0.05, 0.1) is 0 Å². The van der Waals surface area contributed by atoms with E-state index in [-0.39, 0.29) is 57.2 Å². The first-order valence-electron chi connectivity index (χ1n) is 5.45. The molecule has 0 radical (unpaired) electrons. The predicted octanol–water partition coefficient (Wildman–Crippen LogP) is 4.09.